The minimum absolute atomic E-state index is 0.373. The van der Waals surface area contributed by atoms with E-state index < -0.39 is 32.1 Å². The number of aliphatic hydroxyl groups is 3. The van der Waals surface area contributed by atoms with E-state index in [1.165, 1.54) is 0 Å². The Kier molecular flexibility index (Phi) is 5.96. The first kappa shape index (κ1) is 14.5. The average molecular weight is 243 g/mol. The molecule has 0 saturated heterocycles. The highest BCUT2D eigenvalue weighted by Gasteiger charge is 2.26. The molecule has 0 unspecified atom stereocenters. The minimum atomic E-state index is -4.24. The number of oxime groups is 1. The molecule has 6 N–H and O–H groups in total. The van der Waals surface area contributed by atoms with Crippen LogP contribution in [0, 0.1) is 0 Å². The number of hydrogen-bond donors (Lipinski definition) is 6. The fourth-order valence-electron chi connectivity index (χ4n) is 0.855. The van der Waals surface area contributed by atoms with Gasteiger partial charge in [0.2, 0.25) is 0 Å². The molecule has 0 aliphatic carbocycles. The van der Waals surface area contributed by atoms with Crippen molar-refractivity contribution in [3.05, 3.63) is 0 Å². The summed E-state index contributed by atoms with van der Waals surface area (Å²) in [6.07, 6.45) is -5.15. The first-order valence-electron chi connectivity index (χ1n) is 4.04. The van der Waals surface area contributed by atoms with E-state index in [1.54, 1.807) is 0 Å². The van der Waals surface area contributed by atoms with Crippen LogP contribution in [0.25, 0.3) is 0 Å². The van der Waals surface area contributed by atoms with Gasteiger partial charge in [-0.15, -0.1) is 0 Å². The maximum absolute atomic E-state index is 10.4. The Bertz CT molecular complexity index is 252. The molecule has 0 radical (unpaired) electrons. The molecule has 0 aliphatic heterocycles. The van der Waals surface area contributed by atoms with Gasteiger partial charge in [-0.1, -0.05) is 5.16 Å². The zero-order valence-electron chi connectivity index (χ0n) is 7.71. The molecule has 8 nitrogen and oxygen atoms in total. The molecule has 0 bridgehead atoms. The van der Waals surface area contributed by atoms with Crippen molar-refractivity contribution in [2.45, 2.75) is 24.7 Å². The summed E-state index contributed by atoms with van der Waals surface area (Å²) in [5.74, 6) is 0. The lowest BCUT2D eigenvalue weighted by molar-refractivity contribution is -0.0343. The number of nitrogens with zero attached hydrogens (tertiary/aromatic N) is 1. The average Bonchev–Trinajstić information content (AvgIpc) is 2.12. The van der Waals surface area contributed by atoms with Gasteiger partial charge in [-0.3, -0.25) is 4.57 Å². The summed E-state index contributed by atoms with van der Waals surface area (Å²) in [6, 6.07) is 0. The Morgan fingerprint density at radius 3 is 2.20 bits per heavy atom. The first-order chi connectivity index (χ1) is 6.78. The van der Waals surface area contributed by atoms with Crippen LogP contribution in [0.1, 0.15) is 6.42 Å². The van der Waals surface area contributed by atoms with Crippen LogP contribution >= 0.6 is 7.60 Å². The Morgan fingerprint density at radius 2 is 1.80 bits per heavy atom. The molecule has 0 aromatic rings. The van der Waals surface area contributed by atoms with Gasteiger partial charge in [-0.2, -0.15) is 0 Å². The van der Waals surface area contributed by atoms with E-state index in [0.717, 1.165) is 0 Å². The van der Waals surface area contributed by atoms with E-state index in [1.807, 2.05) is 0 Å². The van der Waals surface area contributed by atoms with Crippen molar-refractivity contribution >= 4 is 13.8 Å². The van der Waals surface area contributed by atoms with Crippen LogP contribution in [-0.2, 0) is 4.57 Å². The standard InChI is InChI=1S/C6H14NO7P/c8-4(1-2-15(12,13)14)6(10)5(9)3-7-11/h3-6,8-11H,1-2H2,(H2,12,13,14)/b7-3+/t4-,5+,6-/m1/s1. The van der Waals surface area contributed by atoms with E-state index >= 15 is 0 Å². The monoisotopic (exact) mass is 243 g/mol. The molecule has 0 saturated carbocycles. The lowest BCUT2D eigenvalue weighted by Crippen LogP contribution is -2.38. The highest BCUT2D eigenvalue weighted by molar-refractivity contribution is 7.51. The molecule has 0 aromatic carbocycles. The third-order valence-corrected chi connectivity index (χ3v) is 2.52. The smallest absolute Gasteiger partial charge is 0.325 e. The quantitative estimate of drug-likeness (QED) is 0.138. The van der Waals surface area contributed by atoms with Gasteiger partial charge in [-0.25, -0.2) is 0 Å². The highest BCUT2D eigenvalue weighted by Crippen LogP contribution is 2.35. The predicted molar refractivity (Wildman–Crippen MR) is 49.8 cm³/mol. The number of hydrogen-bond acceptors (Lipinski definition) is 6. The predicted octanol–water partition coefficient (Wildman–Crippen LogP) is -1.90. The third kappa shape index (κ3) is 6.56. The Morgan fingerprint density at radius 1 is 1.27 bits per heavy atom. The van der Waals surface area contributed by atoms with Gasteiger partial charge in [0.05, 0.1) is 18.5 Å². The van der Waals surface area contributed by atoms with Gasteiger partial charge in [0.25, 0.3) is 0 Å². The number of rotatable bonds is 6. The zero-order valence-corrected chi connectivity index (χ0v) is 8.60. The Labute approximate surface area is 85.6 Å². The lowest BCUT2D eigenvalue weighted by atomic mass is 10.1. The second kappa shape index (κ2) is 6.16. The van der Waals surface area contributed by atoms with E-state index in [9.17, 15) is 9.67 Å². The van der Waals surface area contributed by atoms with Crippen molar-refractivity contribution < 1.29 is 34.9 Å². The molecule has 0 rings (SSSR count). The van der Waals surface area contributed by atoms with Crippen LogP contribution < -0.4 is 0 Å². The summed E-state index contributed by atoms with van der Waals surface area (Å²) in [5.41, 5.74) is 0. The van der Waals surface area contributed by atoms with Gasteiger partial charge in [-0.05, 0) is 6.42 Å². The van der Waals surface area contributed by atoms with Gasteiger partial charge in [0.15, 0.2) is 0 Å². The van der Waals surface area contributed by atoms with Crippen molar-refractivity contribution in [3.8, 4) is 0 Å². The van der Waals surface area contributed by atoms with Crippen LogP contribution in [-0.4, -0.2) is 61.0 Å². The molecule has 0 aliphatic rings. The Hall–Kier alpha value is -0.500. The molecule has 0 spiro atoms. The summed E-state index contributed by atoms with van der Waals surface area (Å²) in [7, 11) is -4.24. The van der Waals surface area contributed by atoms with E-state index in [4.69, 9.17) is 25.2 Å². The zero-order chi connectivity index (χ0) is 12.1. The molecule has 0 fully saturated rings. The highest BCUT2D eigenvalue weighted by atomic mass is 31.2. The molecule has 0 heterocycles. The Balaban J connectivity index is 4.09. The van der Waals surface area contributed by atoms with E-state index in [2.05, 4.69) is 5.16 Å². The maximum atomic E-state index is 10.4. The topological polar surface area (TPSA) is 151 Å². The summed E-state index contributed by atoms with van der Waals surface area (Å²) in [4.78, 5) is 17.0. The summed E-state index contributed by atoms with van der Waals surface area (Å²) >= 11 is 0. The molecule has 0 amide bonds. The fourth-order valence-corrected chi connectivity index (χ4v) is 1.46. The van der Waals surface area contributed by atoms with Crippen molar-refractivity contribution in [1.29, 1.82) is 0 Å². The molecule has 3 atom stereocenters. The van der Waals surface area contributed by atoms with Crippen LogP contribution in [0.5, 0.6) is 0 Å². The maximum Gasteiger partial charge on any atom is 0.325 e. The van der Waals surface area contributed by atoms with Crippen molar-refractivity contribution in [2.24, 2.45) is 5.16 Å². The van der Waals surface area contributed by atoms with E-state index in [0.29, 0.717) is 6.21 Å². The molecular formula is C6H14NO7P. The largest absolute Gasteiger partial charge is 0.411 e. The van der Waals surface area contributed by atoms with Crippen LogP contribution in [0.4, 0.5) is 0 Å². The molecule has 0 aromatic heterocycles. The SMILES string of the molecule is O=P(O)(O)CC[C@@H](O)[C@@H](O)[C@@H](O)/C=N/O. The summed E-state index contributed by atoms with van der Waals surface area (Å²) < 4.78 is 10.4. The van der Waals surface area contributed by atoms with Gasteiger partial charge >= 0.3 is 7.60 Å². The molecular weight excluding hydrogens is 229 g/mol. The lowest BCUT2D eigenvalue weighted by Gasteiger charge is -2.19. The van der Waals surface area contributed by atoms with Crippen molar-refractivity contribution in [1.82, 2.24) is 0 Å². The molecule has 9 heteroatoms. The normalized spacial score (nSPS) is 19.0. The fraction of sp³-hybridized carbons (Fsp3) is 0.833. The summed E-state index contributed by atoms with van der Waals surface area (Å²) in [6.45, 7) is 0. The van der Waals surface area contributed by atoms with Crippen LogP contribution in [0.3, 0.4) is 0 Å². The van der Waals surface area contributed by atoms with Crippen LogP contribution in [0.2, 0.25) is 0 Å². The van der Waals surface area contributed by atoms with Gasteiger partial charge in [0.1, 0.15) is 12.2 Å². The van der Waals surface area contributed by atoms with Crippen molar-refractivity contribution in [2.75, 3.05) is 6.16 Å². The van der Waals surface area contributed by atoms with Crippen LogP contribution in [0.15, 0.2) is 5.16 Å². The third-order valence-electron chi connectivity index (χ3n) is 1.68. The second-order valence-electron chi connectivity index (χ2n) is 2.99. The first-order valence-corrected chi connectivity index (χ1v) is 5.84. The van der Waals surface area contributed by atoms with Gasteiger partial charge in [0, 0.05) is 0 Å². The van der Waals surface area contributed by atoms with E-state index in [-0.39, 0.29) is 6.42 Å². The van der Waals surface area contributed by atoms with Crippen molar-refractivity contribution in [3.63, 3.8) is 0 Å². The molecule has 90 valence electrons. The second-order valence-corrected chi connectivity index (χ2v) is 4.77. The minimum Gasteiger partial charge on any atom is -0.411 e. The van der Waals surface area contributed by atoms with Gasteiger partial charge < -0.3 is 30.3 Å². The summed E-state index contributed by atoms with van der Waals surface area (Å²) in [5, 5.41) is 37.8. The molecule has 15 heavy (non-hydrogen) atoms. The number of aliphatic hydroxyl groups excluding tert-OH is 3.